The van der Waals surface area contributed by atoms with E-state index in [-0.39, 0.29) is 6.04 Å². The molecule has 2 N–H and O–H groups in total. The van der Waals surface area contributed by atoms with Gasteiger partial charge in [-0.2, -0.15) is 0 Å². The number of benzene rings is 1. The number of ether oxygens (including phenoxy) is 1. The summed E-state index contributed by atoms with van der Waals surface area (Å²) in [5.74, 6) is 0.742. The standard InChI is InChI=1S/C15H25NO/c1-13(2)8-9-15(16)10-11-17-12-14-6-4-3-5-7-14/h3-7,13,15H,8-12,16H2,1-2H3. The van der Waals surface area contributed by atoms with Crippen LogP contribution in [-0.4, -0.2) is 12.6 Å². The van der Waals surface area contributed by atoms with Crippen molar-refractivity contribution < 1.29 is 4.74 Å². The van der Waals surface area contributed by atoms with Gasteiger partial charge in [-0.3, -0.25) is 0 Å². The first-order chi connectivity index (χ1) is 8.18. The Labute approximate surface area is 105 Å². The van der Waals surface area contributed by atoms with Crippen molar-refractivity contribution in [3.63, 3.8) is 0 Å². The maximum Gasteiger partial charge on any atom is 0.0716 e. The molecule has 2 heteroatoms. The molecular formula is C15H25NO. The van der Waals surface area contributed by atoms with Crippen molar-refractivity contribution in [2.24, 2.45) is 11.7 Å². The summed E-state index contributed by atoms with van der Waals surface area (Å²) >= 11 is 0. The average molecular weight is 235 g/mol. The quantitative estimate of drug-likeness (QED) is 0.701. The zero-order valence-corrected chi connectivity index (χ0v) is 11.1. The number of hydrogen-bond donors (Lipinski definition) is 1. The Hall–Kier alpha value is -0.860. The van der Waals surface area contributed by atoms with Crippen LogP contribution < -0.4 is 5.73 Å². The first-order valence-electron chi connectivity index (χ1n) is 6.55. The van der Waals surface area contributed by atoms with Crippen molar-refractivity contribution in [1.29, 1.82) is 0 Å². The highest BCUT2D eigenvalue weighted by molar-refractivity contribution is 5.13. The summed E-state index contributed by atoms with van der Waals surface area (Å²) < 4.78 is 5.62. The summed E-state index contributed by atoms with van der Waals surface area (Å²) in [6, 6.07) is 10.5. The van der Waals surface area contributed by atoms with Crippen LogP contribution in [-0.2, 0) is 11.3 Å². The van der Waals surface area contributed by atoms with E-state index < -0.39 is 0 Å². The van der Waals surface area contributed by atoms with Crippen LogP contribution in [0.5, 0.6) is 0 Å². The molecular weight excluding hydrogens is 210 g/mol. The first kappa shape index (κ1) is 14.2. The van der Waals surface area contributed by atoms with E-state index in [1.54, 1.807) is 0 Å². The highest BCUT2D eigenvalue weighted by atomic mass is 16.5. The monoisotopic (exact) mass is 235 g/mol. The molecule has 0 saturated heterocycles. The molecule has 1 unspecified atom stereocenters. The lowest BCUT2D eigenvalue weighted by Gasteiger charge is -2.13. The zero-order chi connectivity index (χ0) is 12.5. The Morgan fingerprint density at radius 1 is 1.06 bits per heavy atom. The molecule has 1 atom stereocenters. The lowest BCUT2D eigenvalue weighted by molar-refractivity contribution is 0.113. The maximum absolute atomic E-state index is 6.02. The van der Waals surface area contributed by atoms with Gasteiger partial charge in [0.05, 0.1) is 6.61 Å². The second kappa shape index (κ2) is 8.26. The van der Waals surface area contributed by atoms with Crippen molar-refractivity contribution in [3.05, 3.63) is 35.9 Å². The third kappa shape index (κ3) is 7.14. The van der Waals surface area contributed by atoms with Crippen LogP contribution in [0.1, 0.15) is 38.7 Å². The van der Waals surface area contributed by atoms with Crippen LogP contribution in [0.25, 0.3) is 0 Å². The van der Waals surface area contributed by atoms with E-state index in [9.17, 15) is 0 Å². The van der Waals surface area contributed by atoms with E-state index >= 15 is 0 Å². The third-order valence-electron chi connectivity index (χ3n) is 2.86. The van der Waals surface area contributed by atoms with E-state index in [2.05, 4.69) is 26.0 Å². The molecule has 0 heterocycles. The smallest absolute Gasteiger partial charge is 0.0716 e. The Bertz CT molecular complexity index is 284. The molecule has 0 saturated carbocycles. The largest absolute Gasteiger partial charge is 0.377 e. The molecule has 1 aromatic carbocycles. The van der Waals surface area contributed by atoms with E-state index in [0.717, 1.165) is 25.4 Å². The minimum Gasteiger partial charge on any atom is -0.377 e. The van der Waals surface area contributed by atoms with Gasteiger partial charge in [0.2, 0.25) is 0 Å². The fourth-order valence-corrected chi connectivity index (χ4v) is 1.69. The van der Waals surface area contributed by atoms with Crippen molar-refractivity contribution in [3.8, 4) is 0 Å². The average Bonchev–Trinajstić information content (AvgIpc) is 2.33. The number of hydrogen-bond acceptors (Lipinski definition) is 2. The van der Waals surface area contributed by atoms with Gasteiger partial charge in [0.1, 0.15) is 0 Å². The molecule has 17 heavy (non-hydrogen) atoms. The van der Waals surface area contributed by atoms with Crippen LogP contribution in [0.15, 0.2) is 30.3 Å². The molecule has 0 aliphatic carbocycles. The van der Waals surface area contributed by atoms with Gasteiger partial charge in [-0.1, -0.05) is 44.2 Å². The SMILES string of the molecule is CC(C)CCC(N)CCOCc1ccccc1. The van der Waals surface area contributed by atoms with Gasteiger partial charge in [0, 0.05) is 12.6 Å². The molecule has 1 aromatic rings. The van der Waals surface area contributed by atoms with Crippen LogP contribution in [0, 0.1) is 5.92 Å². The highest BCUT2D eigenvalue weighted by Gasteiger charge is 2.04. The molecule has 0 amide bonds. The van der Waals surface area contributed by atoms with Gasteiger partial charge < -0.3 is 10.5 Å². The molecule has 96 valence electrons. The predicted octanol–water partition coefficient (Wildman–Crippen LogP) is 3.36. The molecule has 0 spiro atoms. The number of nitrogens with two attached hydrogens (primary N) is 1. The Kier molecular flexibility index (Phi) is 6.90. The summed E-state index contributed by atoms with van der Waals surface area (Å²) in [6.45, 7) is 5.92. The molecule has 0 aliphatic heterocycles. The van der Waals surface area contributed by atoms with Gasteiger partial charge in [-0.05, 0) is 30.7 Å². The van der Waals surface area contributed by atoms with Crippen molar-refractivity contribution in [1.82, 2.24) is 0 Å². The Morgan fingerprint density at radius 3 is 2.41 bits per heavy atom. The Balaban J connectivity index is 2.04. The summed E-state index contributed by atoms with van der Waals surface area (Å²) in [4.78, 5) is 0. The van der Waals surface area contributed by atoms with Crippen LogP contribution in [0.2, 0.25) is 0 Å². The lowest BCUT2D eigenvalue weighted by Crippen LogP contribution is -2.22. The maximum atomic E-state index is 6.02. The lowest BCUT2D eigenvalue weighted by atomic mass is 10.0. The normalized spacial score (nSPS) is 12.9. The number of rotatable bonds is 8. The van der Waals surface area contributed by atoms with Gasteiger partial charge >= 0.3 is 0 Å². The van der Waals surface area contributed by atoms with Crippen molar-refractivity contribution in [2.45, 2.75) is 45.8 Å². The minimum atomic E-state index is 0.285. The molecule has 0 fully saturated rings. The third-order valence-corrected chi connectivity index (χ3v) is 2.86. The second-order valence-electron chi connectivity index (χ2n) is 5.06. The van der Waals surface area contributed by atoms with E-state index in [1.165, 1.54) is 12.0 Å². The van der Waals surface area contributed by atoms with Crippen molar-refractivity contribution >= 4 is 0 Å². The van der Waals surface area contributed by atoms with Crippen LogP contribution >= 0.6 is 0 Å². The van der Waals surface area contributed by atoms with Gasteiger partial charge in [-0.15, -0.1) is 0 Å². The van der Waals surface area contributed by atoms with Gasteiger partial charge in [0.25, 0.3) is 0 Å². The Morgan fingerprint density at radius 2 is 1.76 bits per heavy atom. The zero-order valence-electron chi connectivity index (χ0n) is 11.1. The molecule has 2 nitrogen and oxygen atoms in total. The van der Waals surface area contributed by atoms with E-state index in [0.29, 0.717) is 6.61 Å². The topological polar surface area (TPSA) is 35.2 Å². The summed E-state index contributed by atoms with van der Waals surface area (Å²) in [5, 5.41) is 0. The summed E-state index contributed by atoms with van der Waals surface area (Å²) in [6.07, 6.45) is 3.27. The minimum absolute atomic E-state index is 0.285. The molecule has 0 aliphatic rings. The van der Waals surface area contributed by atoms with Crippen LogP contribution in [0.3, 0.4) is 0 Å². The first-order valence-corrected chi connectivity index (χ1v) is 6.55. The second-order valence-corrected chi connectivity index (χ2v) is 5.06. The fraction of sp³-hybridized carbons (Fsp3) is 0.600. The molecule has 1 rings (SSSR count). The van der Waals surface area contributed by atoms with Crippen molar-refractivity contribution in [2.75, 3.05) is 6.61 Å². The predicted molar refractivity (Wildman–Crippen MR) is 72.8 cm³/mol. The van der Waals surface area contributed by atoms with Gasteiger partial charge in [0.15, 0.2) is 0 Å². The highest BCUT2D eigenvalue weighted by Crippen LogP contribution is 2.08. The molecule has 0 bridgehead atoms. The van der Waals surface area contributed by atoms with E-state index in [4.69, 9.17) is 10.5 Å². The molecule has 0 aromatic heterocycles. The summed E-state index contributed by atoms with van der Waals surface area (Å²) in [7, 11) is 0. The fourth-order valence-electron chi connectivity index (χ4n) is 1.69. The van der Waals surface area contributed by atoms with E-state index in [1.807, 2.05) is 18.2 Å². The van der Waals surface area contributed by atoms with Crippen LogP contribution in [0.4, 0.5) is 0 Å². The summed E-state index contributed by atoms with van der Waals surface area (Å²) in [5.41, 5.74) is 7.25. The molecule has 0 radical (unpaired) electrons. The van der Waals surface area contributed by atoms with Gasteiger partial charge in [-0.25, -0.2) is 0 Å².